The highest BCUT2D eigenvalue weighted by Crippen LogP contribution is 2.20. The van der Waals surface area contributed by atoms with E-state index in [0.29, 0.717) is 11.8 Å². The summed E-state index contributed by atoms with van der Waals surface area (Å²) >= 11 is 5.74. The van der Waals surface area contributed by atoms with Crippen LogP contribution in [-0.2, 0) is 17.0 Å². The number of aromatic nitrogens is 1. The molecule has 0 saturated carbocycles. The van der Waals surface area contributed by atoms with Gasteiger partial charge in [0.1, 0.15) is 5.75 Å². The molecule has 0 bridgehead atoms. The number of rotatable bonds is 6. The molecule has 4 heteroatoms. The van der Waals surface area contributed by atoms with Crippen LogP contribution < -0.4 is 4.74 Å². The van der Waals surface area contributed by atoms with Crippen molar-refractivity contribution in [3.8, 4) is 11.6 Å². The molecule has 3 nitrogen and oxygen atoms in total. The van der Waals surface area contributed by atoms with E-state index in [9.17, 15) is 0 Å². The van der Waals surface area contributed by atoms with Crippen molar-refractivity contribution in [2.75, 3.05) is 13.7 Å². The van der Waals surface area contributed by atoms with E-state index in [-0.39, 0.29) is 0 Å². The van der Waals surface area contributed by atoms with Crippen LogP contribution in [0, 0.1) is 0 Å². The van der Waals surface area contributed by atoms with Crippen molar-refractivity contribution in [2.45, 2.75) is 12.3 Å². The van der Waals surface area contributed by atoms with Gasteiger partial charge in [0.2, 0.25) is 5.88 Å². The number of hydrogen-bond acceptors (Lipinski definition) is 3. The fourth-order valence-electron chi connectivity index (χ4n) is 1.65. The zero-order valence-corrected chi connectivity index (χ0v) is 11.6. The quantitative estimate of drug-likeness (QED) is 0.753. The number of halogens is 1. The Bertz CT molecular complexity index is 514. The smallest absolute Gasteiger partial charge is 0.219 e. The van der Waals surface area contributed by atoms with Gasteiger partial charge in [-0.3, -0.25) is 0 Å². The van der Waals surface area contributed by atoms with Gasteiger partial charge in [-0.25, -0.2) is 4.98 Å². The summed E-state index contributed by atoms with van der Waals surface area (Å²) in [7, 11) is 1.70. The molecule has 19 heavy (non-hydrogen) atoms. The average molecular weight is 278 g/mol. The van der Waals surface area contributed by atoms with Crippen molar-refractivity contribution in [3.05, 3.63) is 53.7 Å². The molecule has 0 radical (unpaired) electrons. The van der Waals surface area contributed by atoms with Gasteiger partial charge in [0.25, 0.3) is 0 Å². The van der Waals surface area contributed by atoms with E-state index in [1.54, 1.807) is 7.11 Å². The van der Waals surface area contributed by atoms with Crippen LogP contribution in [0.5, 0.6) is 11.6 Å². The number of alkyl halides is 1. The molecular formula is C15H16ClNO2. The normalized spacial score (nSPS) is 10.4. The summed E-state index contributed by atoms with van der Waals surface area (Å²) in [5, 5.41) is 0. The second-order valence-electron chi connectivity index (χ2n) is 4.09. The molecule has 0 aliphatic heterocycles. The molecule has 2 aromatic rings. The zero-order valence-electron chi connectivity index (χ0n) is 10.8. The molecule has 0 saturated heterocycles. The van der Waals surface area contributed by atoms with E-state index in [1.807, 2.05) is 42.5 Å². The van der Waals surface area contributed by atoms with Gasteiger partial charge in [-0.1, -0.05) is 18.2 Å². The summed E-state index contributed by atoms with van der Waals surface area (Å²) in [5.41, 5.74) is 2.02. The number of benzene rings is 1. The lowest BCUT2D eigenvalue weighted by atomic mass is 10.1. The highest BCUT2D eigenvalue weighted by molar-refractivity contribution is 6.16. The Morgan fingerprint density at radius 3 is 2.58 bits per heavy atom. The predicted octanol–water partition coefficient (Wildman–Crippen LogP) is 3.80. The fourth-order valence-corrected chi connectivity index (χ4v) is 1.80. The SMILES string of the molecule is COCCc1ccc(Oc2cccc(CCl)n2)cc1. The van der Waals surface area contributed by atoms with E-state index in [4.69, 9.17) is 21.1 Å². The zero-order chi connectivity index (χ0) is 13.5. The van der Waals surface area contributed by atoms with Crippen molar-refractivity contribution in [3.63, 3.8) is 0 Å². The highest BCUT2D eigenvalue weighted by Gasteiger charge is 2.00. The van der Waals surface area contributed by atoms with Gasteiger partial charge in [0, 0.05) is 13.2 Å². The Labute approximate surface area is 118 Å². The van der Waals surface area contributed by atoms with Crippen LogP contribution >= 0.6 is 11.6 Å². The number of methoxy groups -OCH3 is 1. The number of hydrogen-bond donors (Lipinski definition) is 0. The molecule has 0 unspecified atom stereocenters. The molecule has 2 rings (SSSR count). The third kappa shape index (κ3) is 4.23. The van der Waals surface area contributed by atoms with Crippen molar-refractivity contribution in [1.82, 2.24) is 4.98 Å². The summed E-state index contributed by atoms with van der Waals surface area (Å²) in [6.45, 7) is 0.722. The maximum absolute atomic E-state index is 5.74. The monoisotopic (exact) mass is 277 g/mol. The van der Waals surface area contributed by atoms with Gasteiger partial charge >= 0.3 is 0 Å². The number of ether oxygens (including phenoxy) is 2. The van der Waals surface area contributed by atoms with E-state index in [0.717, 1.165) is 24.5 Å². The minimum atomic E-state index is 0.382. The van der Waals surface area contributed by atoms with Crippen LogP contribution in [0.1, 0.15) is 11.3 Å². The topological polar surface area (TPSA) is 31.4 Å². The number of pyridine rings is 1. The first-order valence-electron chi connectivity index (χ1n) is 6.09. The van der Waals surface area contributed by atoms with Gasteiger partial charge < -0.3 is 9.47 Å². The molecule has 0 atom stereocenters. The minimum Gasteiger partial charge on any atom is -0.439 e. The van der Waals surface area contributed by atoms with Crippen LogP contribution in [0.3, 0.4) is 0 Å². The Hall–Kier alpha value is -1.58. The van der Waals surface area contributed by atoms with Crippen LogP contribution in [0.4, 0.5) is 0 Å². The Morgan fingerprint density at radius 1 is 1.11 bits per heavy atom. The van der Waals surface area contributed by atoms with E-state index in [1.165, 1.54) is 5.56 Å². The summed E-state index contributed by atoms with van der Waals surface area (Å²) < 4.78 is 10.7. The highest BCUT2D eigenvalue weighted by atomic mass is 35.5. The van der Waals surface area contributed by atoms with Gasteiger partial charge in [-0.2, -0.15) is 0 Å². The standard InChI is InChI=1S/C15H16ClNO2/c1-18-10-9-12-5-7-14(8-6-12)19-15-4-2-3-13(11-16)17-15/h2-8H,9-11H2,1H3. The second kappa shape index (κ2) is 7.12. The van der Waals surface area contributed by atoms with Crippen molar-refractivity contribution in [1.29, 1.82) is 0 Å². The Morgan fingerprint density at radius 2 is 1.89 bits per heavy atom. The van der Waals surface area contributed by atoms with E-state index >= 15 is 0 Å². The molecule has 0 aliphatic rings. The van der Waals surface area contributed by atoms with Crippen LogP contribution in [0.25, 0.3) is 0 Å². The van der Waals surface area contributed by atoms with Crippen molar-refractivity contribution in [2.24, 2.45) is 0 Å². The summed E-state index contributed by atoms with van der Waals surface area (Å²) in [5.74, 6) is 1.70. The minimum absolute atomic E-state index is 0.382. The molecule has 1 heterocycles. The average Bonchev–Trinajstić information content (AvgIpc) is 2.47. The molecule has 1 aromatic carbocycles. The van der Waals surface area contributed by atoms with Gasteiger partial charge in [0.05, 0.1) is 18.2 Å². The molecule has 1 aromatic heterocycles. The van der Waals surface area contributed by atoms with Crippen LogP contribution in [0.2, 0.25) is 0 Å². The third-order valence-electron chi connectivity index (χ3n) is 2.66. The van der Waals surface area contributed by atoms with Gasteiger partial charge in [0.15, 0.2) is 0 Å². The molecule has 0 fully saturated rings. The summed E-state index contributed by atoms with van der Waals surface area (Å²) in [6, 6.07) is 13.5. The molecule has 100 valence electrons. The van der Waals surface area contributed by atoms with Crippen LogP contribution in [0.15, 0.2) is 42.5 Å². The van der Waals surface area contributed by atoms with Gasteiger partial charge in [-0.15, -0.1) is 11.6 Å². The Balaban J connectivity index is 2.02. The summed E-state index contributed by atoms with van der Waals surface area (Å²) in [6.07, 6.45) is 0.900. The first kappa shape index (κ1) is 13.8. The van der Waals surface area contributed by atoms with E-state index < -0.39 is 0 Å². The van der Waals surface area contributed by atoms with Crippen molar-refractivity contribution >= 4 is 11.6 Å². The second-order valence-corrected chi connectivity index (χ2v) is 4.36. The molecule has 0 aliphatic carbocycles. The largest absolute Gasteiger partial charge is 0.439 e. The van der Waals surface area contributed by atoms with Crippen LogP contribution in [-0.4, -0.2) is 18.7 Å². The maximum Gasteiger partial charge on any atom is 0.219 e. The lowest BCUT2D eigenvalue weighted by Gasteiger charge is -2.06. The maximum atomic E-state index is 5.74. The molecule has 0 spiro atoms. The van der Waals surface area contributed by atoms with E-state index in [2.05, 4.69) is 4.98 Å². The lowest BCUT2D eigenvalue weighted by molar-refractivity contribution is 0.202. The Kier molecular flexibility index (Phi) is 5.19. The first-order chi connectivity index (χ1) is 9.31. The van der Waals surface area contributed by atoms with Crippen molar-refractivity contribution < 1.29 is 9.47 Å². The first-order valence-corrected chi connectivity index (χ1v) is 6.63. The molecular weight excluding hydrogens is 262 g/mol. The molecule has 0 N–H and O–H groups in total. The van der Waals surface area contributed by atoms with Gasteiger partial charge in [-0.05, 0) is 30.2 Å². The lowest BCUT2D eigenvalue weighted by Crippen LogP contribution is -1.94. The molecule has 0 amide bonds. The predicted molar refractivity (Wildman–Crippen MR) is 75.9 cm³/mol. The summed E-state index contributed by atoms with van der Waals surface area (Å²) in [4.78, 5) is 4.28. The fraction of sp³-hybridized carbons (Fsp3) is 0.267. The third-order valence-corrected chi connectivity index (χ3v) is 2.93. The number of nitrogens with zero attached hydrogens (tertiary/aromatic N) is 1.